The van der Waals surface area contributed by atoms with Crippen LogP contribution in [0, 0.1) is 0 Å². The van der Waals surface area contributed by atoms with Gasteiger partial charge in [0.2, 0.25) is 0 Å². The molecule has 4 N–H and O–H groups in total. The van der Waals surface area contributed by atoms with Gasteiger partial charge in [-0.2, -0.15) is 4.72 Å². The predicted octanol–water partition coefficient (Wildman–Crippen LogP) is 3.98. The molecule has 1 atom stereocenters. The number of hydrogen-bond donors (Lipinski definition) is 3. The first-order valence-corrected chi connectivity index (χ1v) is 10.2. The Balaban J connectivity index is 1.73. The summed E-state index contributed by atoms with van der Waals surface area (Å²) in [6.45, 7) is 0.425. The minimum atomic E-state index is -1.58. The topological polar surface area (TPSA) is 103 Å². The Bertz CT molecular complexity index is 886. The molecule has 0 bridgehead atoms. The largest absolute Gasteiger partial charge is 0.585 e. The third-order valence-corrected chi connectivity index (χ3v) is 5.67. The zero-order chi connectivity index (χ0) is 18.5. The Morgan fingerprint density at radius 2 is 2.08 bits per heavy atom. The highest BCUT2D eigenvalue weighted by molar-refractivity contribution is 7.99. The van der Waals surface area contributed by atoms with Crippen molar-refractivity contribution >= 4 is 57.4 Å². The minimum Gasteiger partial charge on any atom is -0.585 e. The van der Waals surface area contributed by atoms with Crippen LogP contribution >= 0.6 is 23.4 Å². The number of anilines is 1. The second-order valence-corrected chi connectivity index (χ2v) is 7.97. The number of halogens is 1. The second kappa shape index (κ2) is 8.59. The van der Waals surface area contributed by atoms with Crippen LogP contribution < -0.4 is 15.8 Å². The molecule has 0 saturated carbocycles. The number of furan rings is 1. The molecular weight excluding hydrogens is 394 g/mol. The third kappa shape index (κ3) is 4.79. The molecule has 1 unspecified atom stereocenters. The van der Waals surface area contributed by atoms with E-state index in [4.69, 9.17) is 21.8 Å². The van der Waals surface area contributed by atoms with E-state index in [1.807, 2.05) is 30.3 Å². The van der Waals surface area contributed by atoms with Gasteiger partial charge in [-0.15, -0.1) is 11.8 Å². The SMILES string of the molecule is NC(=O)NCCSc1ccc(Cl)cc1N[S+]([O-])c1cc2ccccc2o1. The lowest BCUT2D eigenvalue weighted by Crippen LogP contribution is -2.31. The van der Waals surface area contributed by atoms with E-state index in [0.717, 1.165) is 10.3 Å². The van der Waals surface area contributed by atoms with Gasteiger partial charge in [-0.25, -0.2) is 4.79 Å². The number of para-hydroxylation sites is 1. The van der Waals surface area contributed by atoms with Crippen molar-refractivity contribution < 1.29 is 13.8 Å². The molecule has 1 aromatic heterocycles. The van der Waals surface area contributed by atoms with Crippen molar-refractivity contribution in [1.29, 1.82) is 0 Å². The van der Waals surface area contributed by atoms with Crippen LogP contribution in [0.15, 0.2) is 62.9 Å². The van der Waals surface area contributed by atoms with Crippen molar-refractivity contribution in [2.75, 3.05) is 17.0 Å². The third-order valence-electron chi connectivity index (χ3n) is 3.39. The molecule has 2 aromatic carbocycles. The highest BCUT2D eigenvalue weighted by Gasteiger charge is 2.19. The lowest BCUT2D eigenvalue weighted by atomic mass is 10.3. The predicted molar refractivity (Wildman–Crippen MR) is 106 cm³/mol. The number of nitrogens with two attached hydrogens (primary N) is 1. The number of hydrogen-bond acceptors (Lipinski definition) is 5. The molecule has 0 aliphatic carbocycles. The van der Waals surface area contributed by atoms with Crippen LogP contribution in [0.5, 0.6) is 0 Å². The van der Waals surface area contributed by atoms with Crippen LogP contribution in [-0.2, 0) is 11.4 Å². The molecule has 136 valence electrons. The van der Waals surface area contributed by atoms with E-state index < -0.39 is 17.4 Å². The molecule has 1 heterocycles. The fraction of sp³-hybridized carbons (Fsp3) is 0.118. The Labute approximate surface area is 162 Å². The van der Waals surface area contributed by atoms with Crippen molar-refractivity contribution in [1.82, 2.24) is 5.32 Å². The Hall–Kier alpha value is -2.00. The second-order valence-electron chi connectivity index (χ2n) is 5.25. The number of amides is 2. The van der Waals surface area contributed by atoms with Gasteiger partial charge in [0.05, 0.1) is 5.69 Å². The normalized spacial score (nSPS) is 12.1. The molecule has 3 aromatic rings. The summed E-state index contributed by atoms with van der Waals surface area (Å²) < 4.78 is 21.2. The lowest BCUT2D eigenvalue weighted by Gasteiger charge is -2.13. The van der Waals surface area contributed by atoms with E-state index in [9.17, 15) is 9.35 Å². The summed E-state index contributed by atoms with van der Waals surface area (Å²) in [5.41, 5.74) is 6.35. The standard InChI is InChI=1S/C17H16ClN3O3S2/c18-12-5-6-15(25-8-7-20-17(19)22)13(10-12)21-26(23)16-9-11-3-1-2-4-14(11)24-16/h1-6,9-10,21H,7-8H2,(H3,19,20,22). The molecule has 0 saturated heterocycles. The summed E-state index contributed by atoms with van der Waals surface area (Å²) in [5, 5.41) is 4.26. The number of urea groups is 1. The van der Waals surface area contributed by atoms with Crippen molar-refractivity contribution in [3.8, 4) is 0 Å². The maximum Gasteiger partial charge on any atom is 0.339 e. The summed E-state index contributed by atoms with van der Waals surface area (Å²) in [5.74, 6) is 0.608. The molecule has 0 aliphatic heterocycles. The molecule has 0 spiro atoms. The van der Waals surface area contributed by atoms with E-state index in [-0.39, 0.29) is 0 Å². The Morgan fingerprint density at radius 1 is 1.27 bits per heavy atom. The highest BCUT2D eigenvalue weighted by atomic mass is 35.5. The van der Waals surface area contributed by atoms with Gasteiger partial charge in [-0.1, -0.05) is 29.8 Å². The van der Waals surface area contributed by atoms with E-state index in [1.165, 1.54) is 11.8 Å². The lowest BCUT2D eigenvalue weighted by molar-refractivity contribution is 0.249. The van der Waals surface area contributed by atoms with Crippen LogP contribution in [0.2, 0.25) is 5.02 Å². The van der Waals surface area contributed by atoms with Crippen molar-refractivity contribution in [2.45, 2.75) is 9.99 Å². The van der Waals surface area contributed by atoms with Crippen LogP contribution in [0.1, 0.15) is 0 Å². The first-order chi connectivity index (χ1) is 12.5. The average molecular weight is 410 g/mol. The number of thioether (sulfide) groups is 1. The molecule has 0 aliphatic rings. The van der Waals surface area contributed by atoms with Crippen molar-refractivity contribution in [2.24, 2.45) is 5.73 Å². The van der Waals surface area contributed by atoms with Gasteiger partial charge >= 0.3 is 11.1 Å². The maximum atomic E-state index is 12.6. The van der Waals surface area contributed by atoms with Gasteiger partial charge in [0.1, 0.15) is 16.9 Å². The number of carbonyl (C=O) groups is 1. The fourth-order valence-corrected chi connectivity index (χ4v) is 4.20. The summed E-state index contributed by atoms with van der Waals surface area (Å²) in [6, 6.07) is 13.9. The van der Waals surface area contributed by atoms with Crippen LogP contribution in [0.3, 0.4) is 0 Å². The molecule has 0 radical (unpaired) electrons. The van der Waals surface area contributed by atoms with E-state index in [0.29, 0.717) is 33.7 Å². The van der Waals surface area contributed by atoms with Crippen molar-refractivity contribution in [3.05, 3.63) is 53.6 Å². The Morgan fingerprint density at radius 3 is 2.85 bits per heavy atom. The fourth-order valence-electron chi connectivity index (χ4n) is 2.24. The van der Waals surface area contributed by atoms with Crippen LogP contribution in [0.4, 0.5) is 10.5 Å². The molecular formula is C17H16ClN3O3S2. The van der Waals surface area contributed by atoms with Crippen LogP contribution in [-0.4, -0.2) is 22.9 Å². The number of primary amides is 1. The van der Waals surface area contributed by atoms with Gasteiger partial charge in [-0.05, 0) is 24.3 Å². The average Bonchev–Trinajstić information content (AvgIpc) is 3.04. The van der Waals surface area contributed by atoms with E-state index in [2.05, 4.69) is 10.0 Å². The quantitative estimate of drug-likeness (QED) is 0.311. The summed E-state index contributed by atoms with van der Waals surface area (Å²) in [4.78, 5) is 11.6. The van der Waals surface area contributed by atoms with Gasteiger partial charge in [0.25, 0.3) is 0 Å². The van der Waals surface area contributed by atoms with Gasteiger partial charge in [0, 0.05) is 33.7 Å². The maximum absolute atomic E-state index is 12.6. The number of benzene rings is 2. The number of rotatable bonds is 7. The van der Waals surface area contributed by atoms with Gasteiger partial charge in [-0.3, -0.25) is 0 Å². The van der Waals surface area contributed by atoms with Crippen LogP contribution in [0.25, 0.3) is 11.0 Å². The zero-order valence-electron chi connectivity index (χ0n) is 13.5. The van der Waals surface area contributed by atoms with Crippen molar-refractivity contribution in [3.63, 3.8) is 0 Å². The first kappa shape index (κ1) is 18.8. The van der Waals surface area contributed by atoms with E-state index >= 15 is 0 Å². The van der Waals surface area contributed by atoms with Gasteiger partial charge < -0.3 is 20.0 Å². The summed E-state index contributed by atoms with van der Waals surface area (Å²) >= 11 is 5.97. The van der Waals surface area contributed by atoms with Gasteiger partial charge in [0.15, 0.2) is 0 Å². The number of nitrogens with one attached hydrogen (secondary N) is 2. The number of carbonyl (C=O) groups excluding carboxylic acids is 1. The molecule has 3 rings (SSSR count). The Kier molecular flexibility index (Phi) is 6.20. The zero-order valence-corrected chi connectivity index (χ0v) is 15.9. The summed E-state index contributed by atoms with van der Waals surface area (Å²) in [6.07, 6.45) is 0. The first-order valence-electron chi connectivity index (χ1n) is 7.65. The molecule has 0 fully saturated rings. The van der Waals surface area contributed by atoms with E-state index in [1.54, 1.807) is 18.2 Å². The molecule has 26 heavy (non-hydrogen) atoms. The highest BCUT2D eigenvalue weighted by Crippen LogP contribution is 2.32. The monoisotopic (exact) mass is 409 g/mol. The molecule has 2 amide bonds. The number of fused-ring (bicyclic) bond motifs is 1. The minimum absolute atomic E-state index is 0.331. The molecule has 6 nitrogen and oxygen atoms in total. The summed E-state index contributed by atoms with van der Waals surface area (Å²) in [7, 11) is 0. The smallest absolute Gasteiger partial charge is 0.339 e. The molecule has 9 heteroatoms.